The van der Waals surface area contributed by atoms with Crippen LogP contribution in [0.3, 0.4) is 0 Å². The van der Waals surface area contributed by atoms with E-state index in [1.807, 2.05) is 84.9 Å². The average molecular weight is 729 g/mol. The van der Waals surface area contributed by atoms with Crippen LogP contribution in [0.2, 0.25) is 5.54 Å². The van der Waals surface area contributed by atoms with Crippen LogP contribution >= 0.6 is 8.76 Å². The number of hydrogen-bond donors (Lipinski definition) is 0. The van der Waals surface area contributed by atoms with E-state index in [-0.39, 0.29) is 18.8 Å². The topological polar surface area (TPSA) is 107 Å². The number of esters is 3. The summed E-state index contributed by atoms with van der Waals surface area (Å²) in [6.45, 7) is 5.57. The zero-order valence-electron chi connectivity index (χ0n) is 29.5. The highest BCUT2D eigenvalue weighted by Crippen LogP contribution is 2.59. The Kier molecular flexibility index (Phi) is 13.9. The Bertz CT molecular complexity index is 1880. The summed E-state index contributed by atoms with van der Waals surface area (Å²) in [5.74, 6) is -2.79. The summed E-state index contributed by atoms with van der Waals surface area (Å²) >= 11 is 0. The maximum absolute atomic E-state index is 14.5. The van der Waals surface area contributed by atoms with Gasteiger partial charge in [0.2, 0.25) is 8.67 Å². The normalized spacial score (nSPS) is 13.8. The summed E-state index contributed by atoms with van der Waals surface area (Å²) in [7, 11) is 1.56. The number of para-hydroxylation sites is 2. The van der Waals surface area contributed by atoms with Crippen molar-refractivity contribution in [3.63, 3.8) is 0 Å². The van der Waals surface area contributed by atoms with E-state index >= 15 is 0 Å². The van der Waals surface area contributed by atoms with Crippen LogP contribution in [0.25, 0.3) is 22.3 Å². The molecule has 51 heavy (non-hydrogen) atoms. The highest BCUT2D eigenvalue weighted by atomic mass is 32.5. The van der Waals surface area contributed by atoms with Crippen molar-refractivity contribution in [2.24, 2.45) is 11.8 Å². The van der Waals surface area contributed by atoms with Gasteiger partial charge in [0.05, 0.1) is 38.7 Å². The number of rotatable bonds is 17. The lowest BCUT2D eigenvalue weighted by Gasteiger charge is -2.50. The number of methoxy groups -OCH3 is 2. The molecule has 0 N–H and O–H groups in total. The highest BCUT2D eigenvalue weighted by Gasteiger charge is 2.41. The lowest BCUT2D eigenvalue weighted by Crippen LogP contribution is -2.35. The van der Waals surface area contributed by atoms with Crippen LogP contribution in [-0.4, -0.2) is 66.0 Å². The minimum absolute atomic E-state index is 0.0311. The van der Waals surface area contributed by atoms with Gasteiger partial charge in [0.1, 0.15) is 17.4 Å². The standard InChI is InChI=1S/C40H44O9SSi/c1-7-50(46-5,47-6,28-44-3)51-37(40(43)49-36-25-17-15-23-34(36)31-20-12-9-13-21-31)27-32(26-29(2)38(41)45-4)39(42)48-35-24-16-14-22-33(35)30-18-10-8-11-19-30/h8-25,29,32,37H,1,26-28H2,2-6H3. The van der Waals surface area contributed by atoms with Crippen molar-refractivity contribution in [1.29, 1.82) is 0 Å². The summed E-state index contributed by atoms with van der Waals surface area (Å²) < 4.78 is 34.9. The van der Waals surface area contributed by atoms with Gasteiger partial charge in [-0.15, -0.1) is 0 Å². The predicted molar refractivity (Wildman–Crippen MR) is 203 cm³/mol. The predicted octanol–water partition coefficient (Wildman–Crippen LogP) is 7.80. The molecular formula is C40H44O9SSi. The van der Waals surface area contributed by atoms with Crippen molar-refractivity contribution >= 4 is 40.4 Å². The molecule has 0 saturated heterocycles. The Balaban J connectivity index is 1.78. The minimum atomic E-state index is -3.67. The molecule has 4 aromatic carbocycles. The number of carbonyl (C=O) groups excluding carboxylic acids is 3. The van der Waals surface area contributed by atoms with Gasteiger partial charge in [-0.05, 0) is 42.7 Å². The van der Waals surface area contributed by atoms with Crippen molar-refractivity contribution in [3.05, 3.63) is 116 Å². The lowest BCUT2D eigenvalue weighted by molar-refractivity contribution is -0.147. The monoisotopic (exact) mass is 728 g/mol. The Morgan fingerprint density at radius 3 is 1.59 bits per heavy atom. The molecule has 4 rings (SSSR count). The van der Waals surface area contributed by atoms with Gasteiger partial charge in [0.15, 0.2) is 0 Å². The van der Waals surface area contributed by atoms with Crippen molar-refractivity contribution in [2.45, 2.75) is 25.3 Å². The third kappa shape index (κ3) is 9.59. The SMILES string of the molecule is C=C=S(COC)(OC)(OC)[Si]C(CC(CC(C)C(=O)OC)C(=O)Oc1ccccc1-c1ccccc1)C(=O)Oc1ccccc1-c1ccccc1. The van der Waals surface area contributed by atoms with Crippen LogP contribution in [0.15, 0.2) is 116 Å². The third-order valence-electron chi connectivity index (χ3n) is 8.45. The molecule has 9 nitrogen and oxygen atoms in total. The summed E-state index contributed by atoms with van der Waals surface area (Å²) in [5, 5.41) is 2.96. The van der Waals surface area contributed by atoms with Gasteiger partial charge in [-0.3, -0.25) is 22.7 Å². The molecule has 0 aromatic heterocycles. The van der Waals surface area contributed by atoms with E-state index in [1.54, 1.807) is 31.2 Å². The number of hydrogen-bond acceptors (Lipinski definition) is 9. The van der Waals surface area contributed by atoms with Gasteiger partial charge in [-0.25, -0.2) is 8.76 Å². The van der Waals surface area contributed by atoms with Crippen LogP contribution in [0.4, 0.5) is 0 Å². The molecular weight excluding hydrogens is 685 g/mol. The van der Waals surface area contributed by atoms with Crippen molar-refractivity contribution in [1.82, 2.24) is 0 Å². The molecule has 2 radical (unpaired) electrons. The molecule has 3 atom stereocenters. The van der Waals surface area contributed by atoms with Crippen LogP contribution in [0.5, 0.6) is 11.5 Å². The fourth-order valence-corrected chi connectivity index (χ4v) is 11.9. The molecule has 0 bridgehead atoms. The fourth-order valence-electron chi connectivity index (χ4n) is 5.68. The molecule has 0 fully saturated rings. The smallest absolute Gasteiger partial charge is 0.314 e. The summed E-state index contributed by atoms with van der Waals surface area (Å²) in [4.78, 5) is 41.4. The molecule has 0 aliphatic heterocycles. The quantitative estimate of drug-likeness (QED) is 0.0466. The molecule has 0 saturated carbocycles. The Labute approximate surface area is 302 Å². The van der Waals surface area contributed by atoms with Crippen molar-refractivity contribution in [2.75, 3.05) is 34.4 Å². The molecule has 0 aliphatic rings. The molecule has 4 aromatic rings. The van der Waals surface area contributed by atoms with Crippen LogP contribution in [0.1, 0.15) is 19.8 Å². The zero-order valence-corrected chi connectivity index (χ0v) is 31.4. The van der Waals surface area contributed by atoms with E-state index in [1.165, 1.54) is 28.4 Å². The van der Waals surface area contributed by atoms with E-state index in [4.69, 9.17) is 27.3 Å². The van der Waals surface area contributed by atoms with Gasteiger partial charge in [0, 0.05) is 18.2 Å². The van der Waals surface area contributed by atoms with Gasteiger partial charge in [0.25, 0.3) is 0 Å². The number of carbonyl (C=O) groups is 3. The Morgan fingerprint density at radius 1 is 0.667 bits per heavy atom. The zero-order chi connectivity index (χ0) is 36.9. The summed E-state index contributed by atoms with van der Waals surface area (Å²) in [6, 6.07) is 33.5. The molecule has 268 valence electrons. The second-order valence-corrected chi connectivity index (χ2v) is 19.1. The maximum atomic E-state index is 14.5. The Hall–Kier alpha value is -4.61. The average Bonchev–Trinajstić information content (AvgIpc) is 3.17. The first-order valence-electron chi connectivity index (χ1n) is 16.3. The molecule has 3 unspecified atom stereocenters. The fraction of sp³-hybridized carbons (Fsp3) is 0.275. The van der Waals surface area contributed by atoms with E-state index in [0.29, 0.717) is 22.6 Å². The molecule has 0 aliphatic carbocycles. The van der Waals surface area contributed by atoms with Gasteiger partial charge >= 0.3 is 17.9 Å². The largest absolute Gasteiger partial charge is 0.469 e. The number of benzene rings is 4. The van der Waals surface area contributed by atoms with E-state index in [9.17, 15) is 14.4 Å². The second kappa shape index (κ2) is 18.0. The Morgan fingerprint density at radius 2 is 1.14 bits per heavy atom. The molecule has 0 amide bonds. The maximum Gasteiger partial charge on any atom is 0.314 e. The summed E-state index contributed by atoms with van der Waals surface area (Å²) in [6.07, 6.45) is -0.0494. The van der Waals surface area contributed by atoms with E-state index < -0.39 is 52.7 Å². The first-order valence-corrected chi connectivity index (χ1v) is 20.1. The van der Waals surface area contributed by atoms with Gasteiger partial charge in [-0.2, -0.15) is 0 Å². The second-order valence-electron chi connectivity index (χ2n) is 11.7. The molecule has 11 heteroatoms. The number of ether oxygens (including phenoxy) is 4. The van der Waals surface area contributed by atoms with E-state index in [2.05, 4.69) is 11.6 Å². The van der Waals surface area contributed by atoms with Crippen LogP contribution in [0, 0.1) is 11.8 Å². The third-order valence-corrected chi connectivity index (χ3v) is 16.4. The van der Waals surface area contributed by atoms with Crippen molar-refractivity contribution < 1.29 is 41.7 Å². The van der Waals surface area contributed by atoms with Crippen LogP contribution in [-0.2, 0) is 32.2 Å². The van der Waals surface area contributed by atoms with Crippen LogP contribution < -0.4 is 9.47 Å². The minimum Gasteiger partial charge on any atom is -0.469 e. The molecule has 0 heterocycles. The molecule has 0 spiro atoms. The lowest BCUT2D eigenvalue weighted by atomic mass is 9.91. The first kappa shape index (κ1) is 39.2. The van der Waals surface area contributed by atoms with Gasteiger partial charge in [-0.1, -0.05) is 109 Å². The van der Waals surface area contributed by atoms with E-state index in [0.717, 1.165) is 11.1 Å². The first-order chi connectivity index (χ1) is 24.6. The van der Waals surface area contributed by atoms with Gasteiger partial charge < -0.3 is 18.9 Å². The van der Waals surface area contributed by atoms with Crippen molar-refractivity contribution in [3.8, 4) is 33.8 Å². The summed E-state index contributed by atoms with van der Waals surface area (Å²) in [5.41, 5.74) is 2.13. The highest BCUT2D eigenvalue weighted by molar-refractivity contribution is 8.57.